The average Bonchev–Trinajstić information content (AvgIpc) is 3.12. The molecule has 0 radical (unpaired) electrons. The Labute approximate surface area is 190 Å². The Kier molecular flexibility index (Phi) is 6.21. The summed E-state index contributed by atoms with van der Waals surface area (Å²) in [5.74, 6) is -0.313. The van der Waals surface area contributed by atoms with Crippen LogP contribution in [-0.4, -0.2) is 21.0 Å². The number of aliphatic carboxylic acids is 1. The number of benzene rings is 2. The first-order chi connectivity index (χ1) is 15.2. The second kappa shape index (κ2) is 8.91. The molecule has 4 nitrogen and oxygen atoms in total. The number of aromatic nitrogens is 2. The summed E-state index contributed by atoms with van der Waals surface area (Å²) in [6.45, 7) is 1.88. The minimum atomic E-state index is -4.37. The monoisotopic (exact) mass is 474 g/mol. The number of alkyl halides is 3. The first-order valence-corrected chi connectivity index (χ1v) is 11.4. The van der Waals surface area contributed by atoms with E-state index in [0.717, 1.165) is 38.5 Å². The molecule has 0 unspecified atom stereocenters. The molecule has 2 aromatic carbocycles. The zero-order valence-corrected chi connectivity index (χ0v) is 18.4. The highest BCUT2D eigenvalue weighted by Crippen LogP contribution is 2.36. The molecular formula is C23H17F3N2O2S2. The summed E-state index contributed by atoms with van der Waals surface area (Å²) < 4.78 is 38.4. The quantitative estimate of drug-likeness (QED) is 0.319. The smallest absolute Gasteiger partial charge is 0.416 e. The van der Waals surface area contributed by atoms with E-state index in [0.29, 0.717) is 22.0 Å². The third kappa shape index (κ3) is 4.94. The molecule has 9 heteroatoms. The number of rotatable bonds is 6. The Morgan fingerprint density at radius 1 is 1.06 bits per heavy atom. The maximum Gasteiger partial charge on any atom is 0.416 e. The van der Waals surface area contributed by atoms with Gasteiger partial charge >= 0.3 is 12.1 Å². The molecule has 2 heterocycles. The van der Waals surface area contributed by atoms with Crippen LogP contribution in [0.25, 0.3) is 21.5 Å². The fraction of sp³-hybridized carbons (Fsp3) is 0.174. The number of para-hydroxylation sites is 1. The molecule has 0 amide bonds. The van der Waals surface area contributed by atoms with Crippen LogP contribution in [-0.2, 0) is 23.1 Å². The molecule has 0 saturated carbocycles. The predicted molar refractivity (Wildman–Crippen MR) is 120 cm³/mol. The van der Waals surface area contributed by atoms with Crippen LogP contribution in [0.1, 0.15) is 21.8 Å². The lowest BCUT2D eigenvalue weighted by atomic mass is 10.1. The van der Waals surface area contributed by atoms with Gasteiger partial charge in [-0.25, -0.2) is 4.98 Å². The van der Waals surface area contributed by atoms with E-state index in [1.54, 1.807) is 17.8 Å². The van der Waals surface area contributed by atoms with Crippen LogP contribution in [0.3, 0.4) is 0 Å². The number of halogens is 3. The van der Waals surface area contributed by atoms with Crippen LogP contribution >= 0.6 is 23.1 Å². The summed E-state index contributed by atoms with van der Waals surface area (Å²) in [4.78, 5) is 22.0. The number of carboxylic acids is 1. The van der Waals surface area contributed by atoms with Crippen LogP contribution in [0.5, 0.6) is 0 Å². The normalized spacial score (nSPS) is 11.8. The molecule has 1 N–H and O–H groups in total. The second-order valence-corrected chi connectivity index (χ2v) is 9.19. The molecule has 4 rings (SSSR count). The predicted octanol–water partition coefficient (Wildman–Crippen LogP) is 6.60. The van der Waals surface area contributed by atoms with Crippen molar-refractivity contribution in [2.24, 2.45) is 0 Å². The zero-order valence-electron chi connectivity index (χ0n) is 16.8. The van der Waals surface area contributed by atoms with Gasteiger partial charge in [0.2, 0.25) is 0 Å². The molecule has 0 spiro atoms. The molecular weight excluding hydrogens is 457 g/mol. The van der Waals surface area contributed by atoms with Crippen LogP contribution in [0, 0.1) is 6.92 Å². The molecule has 2 aromatic heterocycles. The van der Waals surface area contributed by atoms with Crippen molar-refractivity contribution < 1.29 is 23.1 Å². The highest BCUT2D eigenvalue weighted by atomic mass is 32.2. The number of pyridine rings is 1. The molecule has 0 bridgehead atoms. The van der Waals surface area contributed by atoms with Gasteiger partial charge in [-0.15, -0.1) is 23.1 Å². The van der Waals surface area contributed by atoms with Crippen LogP contribution < -0.4 is 0 Å². The van der Waals surface area contributed by atoms with Crippen molar-refractivity contribution in [3.05, 3.63) is 76.4 Å². The van der Waals surface area contributed by atoms with Gasteiger partial charge in [-0.3, -0.25) is 9.78 Å². The highest BCUT2D eigenvalue weighted by Gasteiger charge is 2.30. The molecule has 0 aliphatic heterocycles. The van der Waals surface area contributed by atoms with Gasteiger partial charge in [0.15, 0.2) is 0 Å². The van der Waals surface area contributed by atoms with Crippen molar-refractivity contribution in [1.82, 2.24) is 9.97 Å². The van der Waals surface area contributed by atoms with Crippen LogP contribution in [0.4, 0.5) is 13.2 Å². The third-order valence-electron chi connectivity index (χ3n) is 4.78. The molecule has 0 atom stereocenters. The van der Waals surface area contributed by atoms with E-state index >= 15 is 0 Å². The molecule has 164 valence electrons. The van der Waals surface area contributed by atoms with Crippen molar-refractivity contribution in [1.29, 1.82) is 0 Å². The summed E-state index contributed by atoms with van der Waals surface area (Å²) in [7, 11) is 0. The first-order valence-electron chi connectivity index (χ1n) is 9.58. The van der Waals surface area contributed by atoms with Gasteiger partial charge in [0.05, 0.1) is 28.9 Å². The van der Waals surface area contributed by atoms with Gasteiger partial charge in [-0.1, -0.05) is 30.3 Å². The minimum absolute atomic E-state index is 0.140. The Bertz CT molecular complexity index is 1280. The van der Waals surface area contributed by atoms with Gasteiger partial charge in [-0.05, 0) is 31.2 Å². The Morgan fingerprint density at radius 3 is 2.50 bits per heavy atom. The number of thioether (sulfide) groups is 1. The number of aryl methyl sites for hydroxylation is 1. The van der Waals surface area contributed by atoms with E-state index in [9.17, 15) is 18.0 Å². The van der Waals surface area contributed by atoms with Gasteiger partial charge in [-0.2, -0.15) is 13.2 Å². The Balaban J connectivity index is 1.55. The zero-order chi connectivity index (χ0) is 22.9. The topological polar surface area (TPSA) is 63.1 Å². The average molecular weight is 475 g/mol. The molecule has 4 aromatic rings. The SMILES string of the molecule is Cc1nc(-c2ccc(C(F)(F)F)cc2)sc1CSc1cccc2ccc(CC(=O)O)nc12. The molecule has 0 saturated heterocycles. The minimum Gasteiger partial charge on any atom is -0.481 e. The van der Waals surface area contributed by atoms with Crippen LogP contribution in [0.2, 0.25) is 0 Å². The Hall–Kier alpha value is -2.91. The fourth-order valence-electron chi connectivity index (χ4n) is 3.16. The number of hydrogen-bond acceptors (Lipinski definition) is 5. The summed E-state index contributed by atoms with van der Waals surface area (Å²) in [5, 5.41) is 10.6. The number of carbonyl (C=O) groups is 1. The summed E-state index contributed by atoms with van der Waals surface area (Å²) in [6, 6.07) is 14.4. The maximum atomic E-state index is 12.8. The standard InChI is InChI=1S/C23H17F3N2O2S2/c1-13-19(32-22(27-13)15-5-8-16(9-6-15)23(24,25)26)12-31-18-4-2-3-14-7-10-17(11-20(29)30)28-21(14)18/h2-10H,11-12H2,1H3,(H,29,30). The van der Waals surface area contributed by atoms with Crippen molar-refractivity contribution >= 4 is 40.0 Å². The molecule has 0 aliphatic carbocycles. The lowest BCUT2D eigenvalue weighted by Gasteiger charge is -2.07. The van der Waals surface area contributed by atoms with E-state index in [1.807, 2.05) is 31.2 Å². The van der Waals surface area contributed by atoms with Crippen molar-refractivity contribution in [2.75, 3.05) is 0 Å². The number of nitrogens with zero attached hydrogens (tertiary/aromatic N) is 2. The largest absolute Gasteiger partial charge is 0.481 e. The van der Waals surface area contributed by atoms with Crippen molar-refractivity contribution in [3.63, 3.8) is 0 Å². The van der Waals surface area contributed by atoms with Gasteiger partial charge in [0, 0.05) is 26.5 Å². The first kappa shape index (κ1) is 22.3. The fourth-order valence-corrected chi connectivity index (χ4v) is 5.41. The van der Waals surface area contributed by atoms with Gasteiger partial charge in [0.1, 0.15) is 5.01 Å². The van der Waals surface area contributed by atoms with Crippen molar-refractivity contribution in [3.8, 4) is 10.6 Å². The highest BCUT2D eigenvalue weighted by molar-refractivity contribution is 7.98. The number of fused-ring (bicyclic) bond motifs is 1. The van der Waals surface area contributed by atoms with Gasteiger partial charge < -0.3 is 5.11 Å². The third-order valence-corrected chi connectivity index (χ3v) is 7.25. The van der Waals surface area contributed by atoms with Gasteiger partial charge in [0.25, 0.3) is 0 Å². The molecule has 32 heavy (non-hydrogen) atoms. The number of hydrogen-bond donors (Lipinski definition) is 1. The number of thiazole rings is 1. The second-order valence-electron chi connectivity index (χ2n) is 7.09. The maximum absolute atomic E-state index is 12.8. The lowest BCUT2D eigenvalue weighted by Crippen LogP contribution is -2.03. The van der Waals surface area contributed by atoms with E-state index in [2.05, 4.69) is 9.97 Å². The molecule has 0 aliphatic rings. The van der Waals surface area contributed by atoms with E-state index in [1.165, 1.54) is 23.5 Å². The molecule has 0 fully saturated rings. The van der Waals surface area contributed by atoms with Crippen LogP contribution in [0.15, 0.2) is 59.5 Å². The summed E-state index contributed by atoms with van der Waals surface area (Å²) in [5.41, 5.74) is 2.04. The van der Waals surface area contributed by atoms with E-state index in [4.69, 9.17) is 5.11 Å². The van der Waals surface area contributed by atoms with Crippen molar-refractivity contribution in [2.45, 2.75) is 30.2 Å². The van der Waals surface area contributed by atoms with E-state index in [-0.39, 0.29) is 6.42 Å². The summed E-state index contributed by atoms with van der Waals surface area (Å²) in [6.07, 6.45) is -4.50. The lowest BCUT2D eigenvalue weighted by molar-refractivity contribution is -0.138. The van der Waals surface area contributed by atoms with E-state index < -0.39 is 17.7 Å². The number of carboxylic acid groups (broad SMARTS) is 1. The summed E-state index contributed by atoms with van der Waals surface area (Å²) >= 11 is 3.02. The Morgan fingerprint density at radius 2 is 1.81 bits per heavy atom.